The van der Waals surface area contributed by atoms with Crippen LogP contribution in [0.1, 0.15) is 5.56 Å². The Bertz CT molecular complexity index is 751. The van der Waals surface area contributed by atoms with Crippen LogP contribution in [0, 0.1) is 0 Å². The summed E-state index contributed by atoms with van der Waals surface area (Å²) in [6.45, 7) is 0. The summed E-state index contributed by atoms with van der Waals surface area (Å²) in [5.41, 5.74) is -0.794. The zero-order valence-corrected chi connectivity index (χ0v) is 13.3. The molecule has 1 aromatic rings. The van der Waals surface area contributed by atoms with E-state index < -0.39 is 33.7 Å². The van der Waals surface area contributed by atoms with Crippen LogP contribution in [0.25, 0.3) is 0 Å². The lowest BCUT2D eigenvalue weighted by atomic mass is 10.1. The molecule has 1 aromatic carbocycles. The Morgan fingerprint density at radius 3 is 2.64 bits per heavy atom. The highest BCUT2D eigenvalue weighted by atomic mass is 35.5. The fraction of sp³-hybridized carbons (Fsp3) is 0.417. The predicted octanol–water partition coefficient (Wildman–Crippen LogP) is 2.22. The number of hydrogen-bond acceptors (Lipinski definition) is 3. The van der Waals surface area contributed by atoms with Gasteiger partial charge in [0, 0.05) is 0 Å². The second-order valence-corrected chi connectivity index (χ2v) is 8.18. The van der Waals surface area contributed by atoms with Crippen molar-refractivity contribution in [2.45, 2.75) is 18.3 Å². The quantitative estimate of drug-likeness (QED) is 0.768. The van der Waals surface area contributed by atoms with Crippen LogP contribution < -0.4 is 10.2 Å². The molecule has 0 amide bonds. The zero-order chi connectivity index (χ0) is 16.3. The molecule has 0 saturated carbocycles. The summed E-state index contributed by atoms with van der Waals surface area (Å²) in [5.74, 6) is -0.262. The first-order valence-electron chi connectivity index (χ1n) is 6.25. The van der Waals surface area contributed by atoms with Crippen molar-refractivity contribution in [3.05, 3.63) is 28.8 Å². The largest absolute Gasteiger partial charge is 0.416 e. The molecule has 0 radical (unpaired) electrons. The third kappa shape index (κ3) is 2.65. The summed E-state index contributed by atoms with van der Waals surface area (Å²) in [7, 11) is -3.25. The zero-order valence-electron chi connectivity index (χ0n) is 10.9. The first-order valence-corrected chi connectivity index (χ1v) is 8.86. The van der Waals surface area contributed by atoms with Gasteiger partial charge in [0.1, 0.15) is 0 Å². The number of sulfone groups is 1. The number of fused-ring (bicyclic) bond motifs is 1. The average Bonchev–Trinajstić information content (AvgIpc) is 2.79. The van der Waals surface area contributed by atoms with Crippen molar-refractivity contribution in [2.24, 2.45) is 0 Å². The molecule has 120 valence electrons. The minimum Gasteiger partial charge on any atom is -0.356 e. The lowest BCUT2D eigenvalue weighted by Crippen LogP contribution is -2.37. The Morgan fingerprint density at radius 2 is 2.00 bits per heavy atom. The Kier molecular flexibility index (Phi) is 3.57. The van der Waals surface area contributed by atoms with Gasteiger partial charge in [-0.25, -0.2) is 8.42 Å². The summed E-state index contributed by atoms with van der Waals surface area (Å²) >= 11 is 11.1. The second-order valence-electron chi connectivity index (χ2n) is 5.23. The molecular formula is C12H10ClF3N2O2S2. The number of anilines is 1. The van der Waals surface area contributed by atoms with Gasteiger partial charge in [-0.2, -0.15) is 13.2 Å². The SMILES string of the molecule is O=S1(=O)C[C@@H]2NC(=S)N(c3cc(C(F)(F)F)ccc3Cl)[C@@H]2C1. The molecule has 1 N–H and O–H groups in total. The van der Waals surface area contributed by atoms with Crippen molar-refractivity contribution in [1.29, 1.82) is 0 Å². The van der Waals surface area contributed by atoms with Gasteiger partial charge in [0.05, 0.1) is 39.9 Å². The molecular weight excluding hydrogens is 361 g/mol. The molecule has 2 aliphatic heterocycles. The lowest BCUT2D eigenvalue weighted by molar-refractivity contribution is -0.137. The summed E-state index contributed by atoms with van der Waals surface area (Å²) < 4.78 is 62.0. The molecule has 2 fully saturated rings. The van der Waals surface area contributed by atoms with E-state index in [2.05, 4.69) is 5.32 Å². The maximum absolute atomic E-state index is 12.9. The van der Waals surface area contributed by atoms with E-state index in [1.165, 1.54) is 4.90 Å². The normalized spacial score (nSPS) is 26.9. The maximum Gasteiger partial charge on any atom is 0.416 e. The molecule has 10 heteroatoms. The van der Waals surface area contributed by atoms with Gasteiger partial charge in [0.15, 0.2) is 14.9 Å². The standard InChI is InChI=1S/C12H10ClF3N2O2S2/c13-7-2-1-6(12(14,15)16)3-9(7)18-10-5-22(19,20)4-8(10)17-11(18)21/h1-3,8,10H,4-5H2,(H,17,21)/t8-,10+/m0/s1. The van der Waals surface area contributed by atoms with E-state index in [0.29, 0.717) is 0 Å². The Balaban J connectivity index is 2.05. The summed E-state index contributed by atoms with van der Waals surface area (Å²) in [6, 6.07) is 1.94. The highest BCUT2D eigenvalue weighted by molar-refractivity contribution is 7.91. The molecule has 0 spiro atoms. The van der Waals surface area contributed by atoms with Crippen LogP contribution in [-0.2, 0) is 16.0 Å². The number of halogens is 4. The van der Waals surface area contributed by atoms with Gasteiger partial charge in [-0.05, 0) is 30.4 Å². The first-order chi connectivity index (χ1) is 10.1. The van der Waals surface area contributed by atoms with E-state index >= 15 is 0 Å². The number of thiocarbonyl (C=S) groups is 1. The minimum atomic E-state index is -4.52. The molecule has 2 saturated heterocycles. The monoisotopic (exact) mass is 370 g/mol. The highest BCUT2D eigenvalue weighted by Gasteiger charge is 2.48. The van der Waals surface area contributed by atoms with Crippen molar-refractivity contribution >= 4 is 44.5 Å². The molecule has 3 rings (SSSR count). The predicted molar refractivity (Wildman–Crippen MR) is 80.9 cm³/mol. The number of alkyl halides is 3. The molecule has 22 heavy (non-hydrogen) atoms. The molecule has 2 atom stereocenters. The summed E-state index contributed by atoms with van der Waals surface area (Å²) in [6.07, 6.45) is -4.52. The molecule has 0 unspecified atom stereocenters. The molecule has 4 nitrogen and oxygen atoms in total. The molecule has 0 bridgehead atoms. The van der Waals surface area contributed by atoms with E-state index in [9.17, 15) is 21.6 Å². The van der Waals surface area contributed by atoms with Gasteiger partial charge in [0.25, 0.3) is 0 Å². The minimum absolute atomic E-state index is 0.0681. The van der Waals surface area contributed by atoms with E-state index in [-0.39, 0.29) is 27.3 Å². The van der Waals surface area contributed by atoms with Crippen LogP contribution in [0.2, 0.25) is 5.02 Å². The molecule has 0 aromatic heterocycles. The lowest BCUT2D eigenvalue weighted by Gasteiger charge is -2.25. The fourth-order valence-corrected chi connectivity index (χ4v) is 5.25. The fourth-order valence-electron chi connectivity index (χ4n) is 2.76. The highest BCUT2D eigenvalue weighted by Crippen LogP contribution is 2.38. The van der Waals surface area contributed by atoms with Crippen LogP contribution in [-0.4, -0.2) is 37.1 Å². The van der Waals surface area contributed by atoms with Crippen LogP contribution >= 0.6 is 23.8 Å². The van der Waals surface area contributed by atoms with Crippen molar-refractivity contribution in [3.8, 4) is 0 Å². The number of benzene rings is 1. The third-order valence-electron chi connectivity index (χ3n) is 3.71. The average molecular weight is 371 g/mol. The Morgan fingerprint density at radius 1 is 1.32 bits per heavy atom. The van der Waals surface area contributed by atoms with Crippen molar-refractivity contribution in [3.63, 3.8) is 0 Å². The van der Waals surface area contributed by atoms with Crippen molar-refractivity contribution in [2.75, 3.05) is 16.4 Å². The number of rotatable bonds is 1. The van der Waals surface area contributed by atoms with E-state index in [1.54, 1.807) is 0 Å². The van der Waals surface area contributed by atoms with E-state index in [0.717, 1.165) is 18.2 Å². The summed E-state index contributed by atoms with van der Waals surface area (Å²) in [4.78, 5) is 1.38. The smallest absolute Gasteiger partial charge is 0.356 e. The van der Waals surface area contributed by atoms with Crippen LogP contribution in [0.5, 0.6) is 0 Å². The van der Waals surface area contributed by atoms with Crippen LogP contribution in [0.3, 0.4) is 0 Å². The number of nitrogens with zero attached hydrogens (tertiary/aromatic N) is 1. The second kappa shape index (κ2) is 4.97. The molecule has 2 heterocycles. The Labute approximate surface area is 135 Å². The first kappa shape index (κ1) is 15.8. The molecule has 2 aliphatic rings. The Hall–Kier alpha value is -1.06. The van der Waals surface area contributed by atoms with Crippen molar-refractivity contribution < 1.29 is 21.6 Å². The maximum atomic E-state index is 12.9. The van der Waals surface area contributed by atoms with Gasteiger partial charge < -0.3 is 10.2 Å². The number of hydrogen-bond donors (Lipinski definition) is 1. The van der Waals surface area contributed by atoms with Gasteiger partial charge in [-0.1, -0.05) is 11.6 Å². The van der Waals surface area contributed by atoms with E-state index in [1.807, 2.05) is 0 Å². The van der Waals surface area contributed by atoms with Gasteiger partial charge >= 0.3 is 6.18 Å². The van der Waals surface area contributed by atoms with Gasteiger partial charge in [-0.15, -0.1) is 0 Å². The topological polar surface area (TPSA) is 49.4 Å². The van der Waals surface area contributed by atoms with Gasteiger partial charge in [-0.3, -0.25) is 0 Å². The van der Waals surface area contributed by atoms with Crippen LogP contribution in [0.15, 0.2) is 18.2 Å². The summed E-state index contributed by atoms with van der Waals surface area (Å²) in [5, 5.41) is 3.12. The van der Waals surface area contributed by atoms with Crippen LogP contribution in [0.4, 0.5) is 18.9 Å². The van der Waals surface area contributed by atoms with E-state index in [4.69, 9.17) is 23.8 Å². The third-order valence-corrected chi connectivity index (χ3v) is 6.07. The van der Waals surface area contributed by atoms with Gasteiger partial charge in [0.2, 0.25) is 0 Å². The number of nitrogens with one attached hydrogen (secondary N) is 1. The van der Waals surface area contributed by atoms with Crippen molar-refractivity contribution in [1.82, 2.24) is 5.32 Å². The molecule has 0 aliphatic carbocycles.